The quantitative estimate of drug-likeness (QED) is 0.721. The molecule has 1 aliphatic carbocycles. The predicted molar refractivity (Wildman–Crippen MR) is 66.4 cm³/mol. The van der Waals surface area contributed by atoms with E-state index in [1.54, 1.807) is 0 Å². The Bertz CT molecular complexity index is 460. The number of hydrogen-bond donors (Lipinski definition) is 1. The number of hydrogen-bond acceptors (Lipinski definition) is 5. The molecular weight excluding hydrogens is 244 g/mol. The molecular formula is C13H18N4O2. The zero-order valence-corrected chi connectivity index (χ0v) is 11.2. The van der Waals surface area contributed by atoms with Crippen LogP contribution < -0.4 is 5.73 Å². The van der Waals surface area contributed by atoms with Gasteiger partial charge in [0.15, 0.2) is 0 Å². The molecule has 19 heavy (non-hydrogen) atoms. The fourth-order valence-corrected chi connectivity index (χ4v) is 3.45. The SMILES string of the molecule is CC1(C)C2OCCC2C1(N)C(=O)N(CC#N)CC#N. The highest BCUT2D eigenvalue weighted by Crippen LogP contribution is 2.58. The third-order valence-corrected chi connectivity index (χ3v) is 4.62. The maximum absolute atomic E-state index is 12.6. The van der Waals surface area contributed by atoms with Crippen LogP contribution >= 0.6 is 0 Å². The van der Waals surface area contributed by atoms with Gasteiger partial charge in [-0.15, -0.1) is 0 Å². The zero-order valence-electron chi connectivity index (χ0n) is 11.2. The summed E-state index contributed by atoms with van der Waals surface area (Å²) >= 11 is 0. The Kier molecular flexibility index (Phi) is 3.25. The van der Waals surface area contributed by atoms with E-state index in [1.165, 1.54) is 4.90 Å². The first-order chi connectivity index (χ1) is 8.91. The van der Waals surface area contributed by atoms with Gasteiger partial charge in [0.05, 0.1) is 18.2 Å². The van der Waals surface area contributed by atoms with Gasteiger partial charge >= 0.3 is 0 Å². The lowest BCUT2D eigenvalue weighted by molar-refractivity contribution is -0.183. The molecule has 1 saturated carbocycles. The minimum Gasteiger partial charge on any atom is -0.377 e. The van der Waals surface area contributed by atoms with Crippen molar-refractivity contribution in [1.29, 1.82) is 10.5 Å². The molecule has 2 N–H and O–H groups in total. The van der Waals surface area contributed by atoms with Gasteiger partial charge in [-0.3, -0.25) is 4.79 Å². The lowest BCUT2D eigenvalue weighted by Crippen LogP contribution is -2.80. The third kappa shape index (κ3) is 1.64. The summed E-state index contributed by atoms with van der Waals surface area (Å²) in [4.78, 5) is 13.9. The molecule has 6 nitrogen and oxygen atoms in total. The molecule has 0 aromatic rings. The van der Waals surface area contributed by atoms with Crippen LogP contribution in [0.1, 0.15) is 20.3 Å². The van der Waals surface area contributed by atoms with E-state index in [0.29, 0.717) is 6.61 Å². The van der Waals surface area contributed by atoms with Gasteiger partial charge in [0.25, 0.3) is 0 Å². The first kappa shape index (κ1) is 13.8. The number of carbonyl (C=O) groups is 1. The van der Waals surface area contributed by atoms with Gasteiger partial charge in [-0.25, -0.2) is 0 Å². The second-order valence-corrected chi connectivity index (χ2v) is 5.75. The van der Waals surface area contributed by atoms with Crippen LogP contribution in [-0.4, -0.2) is 42.1 Å². The maximum atomic E-state index is 12.6. The number of ether oxygens (including phenoxy) is 1. The van der Waals surface area contributed by atoms with Crippen molar-refractivity contribution in [3.8, 4) is 12.1 Å². The Morgan fingerprint density at radius 3 is 2.53 bits per heavy atom. The van der Waals surface area contributed by atoms with E-state index in [1.807, 2.05) is 26.0 Å². The molecule has 1 saturated heterocycles. The second-order valence-electron chi connectivity index (χ2n) is 5.75. The van der Waals surface area contributed by atoms with E-state index in [0.717, 1.165) is 6.42 Å². The molecule has 2 rings (SSSR count). The Labute approximate surface area is 112 Å². The molecule has 6 heteroatoms. The number of nitrogens with zero attached hydrogens (tertiary/aromatic N) is 3. The Hall–Kier alpha value is -1.63. The van der Waals surface area contributed by atoms with Crippen LogP contribution in [0.5, 0.6) is 0 Å². The van der Waals surface area contributed by atoms with Crippen molar-refractivity contribution < 1.29 is 9.53 Å². The molecule has 1 heterocycles. The minimum absolute atomic E-state index is 0.00697. The maximum Gasteiger partial charge on any atom is 0.245 e. The smallest absolute Gasteiger partial charge is 0.245 e. The van der Waals surface area contributed by atoms with E-state index in [4.69, 9.17) is 21.0 Å². The number of nitriles is 2. The van der Waals surface area contributed by atoms with Crippen molar-refractivity contribution in [1.82, 2.24) is 4.90 Å². The van der Waals surface area contributed by atoms with Crippen molar-refractivity contribution >= 4 is 5.91 Å². The predicted octanol–water partition coefficient (Wildman–Crippen LogP) is 0.00456. The minimum atomic E-state index is -1.04. The molecule has 3 unspecified atom stereocenters. The fourth-order valence-electron chi connectivity index (χ4n) is 3.45. The largest absolute Gasteiger partial charge is 0.377 e. The Morgan fingerprint density at radius 2 is 2.00 bits per heavy atom. The molecule has 0 aromatic carbocycles. The normalized spacial score (nSPS) is 34.6. The van der Waals surface area contributed by atoms with Gasteiger partial charge in [0.2, 0.25) is 5.91 Å². The Morgan fingerprint density at radius 1 is 1.42 bits per heavy atom. The van der Waals surface area contributed by atoms with Gasteiger partial charge in [0, 0.05) is 17.9 Å². The second kappa shape index (κ2) is 4.48. The number of amides is 1. The molecule has 0 bridgehead atoms. The highest BCUT2D eigenvalue weighted by molar-refractivity contribution is 5.90. The number of rotatable bonds is 3. The van der Waals surface area contributed by atoms with Gasteiger partial charge in [-0.2, -0.15) is 10.5 Å². The van der Waals surface area contributed by atoms with E-state index in [-0.39, 0.29) is 31.0 Å². The lowest BCUT2D eigenvalue weighted by atomic mass is 9.47. The van der Waals surface area contributed by atoms with Crippen molar-refractivity contribution in [3.63, 3.8) is 0 Å². The molecule has 102 valence electrons. The molecule has 0 spiro atoms. The highest BCUT2D eigenvalue weighted by Gasteiger charge is 2.71. The first-order valence-electron chi connectivity index (χ1n) is 6.35. The van der Waals surface area contributed by atoms with Gasteiger partial charge in [-0.05, 0) is 6.42 Å². The first-order valence-corrected chi connectivity index (χ1v) is 6.35. The zero-order chi connectivity index (χ0) is 14.3. The third-order valence-electron chi connectivity index (χ3n) is 4.62. The van der Waals surface area contributed by atoms with Crippen LogP contribution in [0.2, 0.25) is 0 Å². The van der Waals surface area contributed by atoms with Gasteiger partial charge in [-0.1, -0.05) is 13.8 Å². The van der Waals surface area contributed by atoms with Crippen LogP contribution in [0.15, 0.2) is 0 Å². The van der Waals surface area contributed by atoms with Crippen LogP contribution in [0, 0.1) is 34.0 Å². The van der Waals surface area contributed by atoms with Gasteiger partial charge < -0.3 is 15.4 Å². The summed E-state index contributed by atoms with van der Waals surface area (Å²) in [5.74, 6) is -0.331. The van der Waals surface area contributed by atoms with Crippen molar-refractivity contribution in [2.24, 2.45) is 17.1 Å². The molecule has 2 aliphatic rings. The highest BCUT2D eigenvalue weighted by atomic mass is 16.5. The molecule has 1 aliphatic heterocycles. The van der Waals surface area contributed by atoms with E-state index >= 15 is 0 Å². The summed E-state index contributed by atoms with van der Waals surface area (Å²) in [6.45, 7) is 4.21. The summed E-state index contributed by atoms with van der Waals surface area (Å²) < 4.78 is 5.63. The summed E-state index contributed by atoms with van der Waals surface area (Å²) in [6.07, 6.45) is 0.746. The van der Waals surface area contributed by atoms with Crippen LogP contribution in [0.4, 0.5) is 0 Å². The number of carbonyl (C=O) groups excluding carboxylic acids is 1. The van der Waals surface area contributed by atoms with E-state index in [9.17, 15) is 4.79 Å². The molecule has 1 amide bonds. The fraction of sp³-hybridized carbons (Fsp3) is 0.769. The summed E-state index contributed by atoms with van der Waals surface area (Å²) in [5, 5.41) is 17.5. The molecule has 0 radical (unpaired) electrons. The van der Waals surface area contributed by atoms with Crippen molar-refractivity contribution in [2.75, 3.05) is 19.7 Å². The topological polar surface area (TPSA) is 103 Å². The van der Waals surface area contributed by atoms with E-state index in [2.05, 4.69) is 0 Å². The Balaban J connectivity index is 2.27. The summed E-state index contributed by atoms with van der Waals surface area (Å²) in [6, 6.07) is 3.82. The average Bonchev–Trinajstić information content (AvgIpc) is 2.84. The molecule has 3 atom stereocenters. The standard InChI is InChI=1S/C13H18N4O2/c1-12(2)10-9(3-8-19-10)13(12,16)11(18)17(6-4-14)7-5-15/h9-10H,3,6-8,16H2,1-2H3. The number of nitrogens with two attached hydrogens (primary N) is 1. The van der Waals surface area contributed by atoms with Gasteiger partial charge in [0.1, 0.15) is 18.6 Å². The summed E-state index contributed by atoms with van der Waals surface area (Å²) in [5.41, 5.74) is 4.86. The lowest BCUT2D eigenvalue weighted by Gasteiger charge is -2.61. The number of fused-ring (bicyclic) bond motifs is 1. The summed E-state index contributed by atoms with van der Waals surface area (Å²) in [7, 11) is 0. The van der Waals surface area contributed by atoms with Crippen molar-refractivity contribution in [3.05, 3.63) is 0 Å². The molecule has 0 aromatic heterocycles. The monoisotopic (exact) mass is 262 g/mol. The van der Waals surface area contributed by atoms with Crippen LogP contribution in [0.25, 0.3) is 0 Å². The van der Waals surface area contributed by atoms with Crippen molar-refractivity contribution in [2.45, 2.75) is 31.9 Å². The average molecular weight is 262 g/mol. The van der Waals surface area contributed by atoms with Crippen LogP contribution in [0.3, 0.4) is 0 Å². The van der Waals surface area contributed by atoms with E-state index < -0.39 is 11.0 Å². The van der Waals surface area contributed by atoms with Crippen LogP contribution in [-0.2, 0) is 9.53 Å². The molecule has 2 fully saturated rings.